The standard InChI is InChI=1S/C30H32FN7O2/c1-19(30(40)35-28-16-26(36-37-28)20-7-8-20)21-4-2-5-22(14-21)23-9-10-27(33-17-23)34-29(39)6-3-13-38-18-24(31)15-25(38)11-12-32/h2-6,9-10,14,16-17,19-20,24-25H,7-8,11,13,15,18H2,1H3,(H,33,34,39)(H2,35,36,37,40)/b6-3+/t19?,24-,25-/m0/s1. The number of aromatic amines is 1. The zero-order valence-electron chi connectivity index (χ0n) is 22.3. The molecule has 1 aliphatic heterocycles. The maximum atomic E-state index is 13.7. The molecule has 40 heavy (non-hydrogen) atoms. The molecule has 9 nitrogen and oxygen atoms in total. The molecular formula is C30H32FN7O2. The highest BCUT2D eigenvalue weighted by atomic mass is 19.1. The number of carbonyl (C=O) groups excluding carboxylic acids is 2. The second-order valence-electron chi connectivity index (χ2n) is 10.4. The number of pyridine rings is 1. The van der Waals surface area contributed by atoms with Crippen molar-refractivity contribution in [3.63, 3.8) is 0 Å². The second kappa shape index (κ2) is 12.2. The average molecular weight is 542 g/mol. The van der Waals surface area contributed by atoms with E-state index in [0.717, 1.165) is 35.2 Å². The Hall–Kier alpha value is -4.36. The minimum Gasteiger partial charge on any atom is -0.309 e. The Labute approximate surface area is 232 Å². The number of nitrogens with zero attached hydrogens (tertiary/aromatic N) is 4. The molecule has 1 saturated carbocycles. The topological polar surface area (TPSA) is 127 Å². The van der Waals surface area contributed by atoms with Gasteiger partial charge in [0.05, 0.1) is 18.4 Å². The van der Waals surface area contributed by atoms with Crippen LogP contribution in [0.3, 0.4) is 0 Å². The van der Waals surface area contributed by atoms with Crippen LogP contribution in [-0.2, 0) is 9.59 Å². The molecule has 1 aliphatic carbocycles. The summed E-state index contributed by atoms with van der Waals surface area (Å²) in [5.41, 5.74) is 3.69. The van der Waals surface area contributed by atoms with E-state index in [-0.39, 0.29) is 36.7 Å². The van der Waals surface area contributed by atoms with Crippen molar-refractivity contribution < 1.29 is 14.0 Å². The Morgan fingerprint density at radius 1 is 1.20 bits per heavy atom. The van der Waals surface area contributed by atoms with Crippen LogP contribution in [0.5, 0.6) is 0 Å². The van der Waals surface area contributed by atoms with Gasteiger partial charge in [0, 0.05) is 54.6 Å². The molecule has 0 radical (unpaired) electrons. The van der Waals surface area contributed by atoms with Crippen LogP contribution < -0.4 is 10.6 Å². The lowest BCUT2D eigenvalue weighted by atomic mass is 9.96. The summed E-state index contributed by atoms with van der Waals surface area (Å²) in [4.78, 5) is 31.4. The van der Waals surface area contributed by atoms with Gasteiger partial charge in [-0.3, -0.25) is 19.6 Å². The Morgan fingerprint density at radius 2 is 2.05 bits per heavy atom. The number of nitrogens with one attached hydrogen (secondary N) is 3. The third-order valence-corrected chi connectivity index (χ3v) is 7.41. The molecule has 1 aromatic carbocycles. The number of aromatic nitrogens is 3. The van der Waals surface area contributed by atoms with Crippen molar-refractivity contribution in [2.24, 2.45) is 0 Å². The summed E-state index contributed by atoms with van der Waals surface area (Å²) in [7, 11) is 0. The van der Waals surface area contributed by atoms with Gasteiger partial charge in [0.1, 0.15) is 12.0 Å². The molecule has 1 unspecified atom stereocenters. The molecule has 2 amide bonds. The number of H-pyrrole nitrogens is 1. The molecule has 3 N–H and O–H groups in total. The first-order valence-corrected chi connectivity index (χ1v) is 13.5. The van der Waals surface area contributed by atoms with Gasteiger partial charge in [-0.1, -0.05) is 30.3 Å². The van der Waals surface area contributed by atoms with Crippen molar-refractivity contribution in [1.29, 1.82) is 5.26 Å². The SMILES string of the molecule is CC(C(=O)Nc1cc(C2CC2)[nH]n1)c1cccc(-c2ccc(NC(=O)/C=C/CN3C[C@@H](F)C[C@@H]3CC#N)nc2)c1. The van der Waals surface area contributed by atoms with Crippen LogP contribution in [0.25, 0.3) is 11.1 Å². The molecule has 2 aliphatic rings. The second-order valence-corrected chi connectivity index (χ2v) is 10.4. The molecule has 206 valence electrons. The highest BCUT2D eigenvalue weighted by Gasteiger charge is 2.31. The van der Waals surface area contributed by atoms with Gasteiger partial charge in [-0.05, 0) is 49.4 Å². The molecule has 0 bridgehead atoms. The van der Waals surface area contributed by atoms with Gasteiger partial charge in [0.25, 0.3) is 0 Å². The number of alkyl halides is 1. The Morgan fingerprint density at radius 3 is 2.80 bits per heavy atom. The number of nitriles is 1. The Kier molecular flexibility index (Phi) is 8.31. The first-order chi connectivity index (χ1) is 19.4. The third kappa shape index (κ3) is 6.79. The number of rotatable bonds is 10. The number of anilines is 2. The van der Waals surface area contributed by atoms with Gasteiger partial charge in [-0.2, -0.15) is 10.4 Å². The number of hydrogen-bond donors (Lipinski definition) is 3. The Bertz CT molecular complexity index is 1420. The Balaban J connectivity index is 1.15. The number of carbonyl (C=O) groups is 2. The van der Waals surface area contributed by atoms with Crippen LogP contribution >= 0.6 is 0 Å². The van der Waals surface area contributed by atoms with Crippen LogP contribution in [0.2, 0.25) is 0 Å². The zero-order chi connectivity index (χ0) is 28.1. The van der Waals surface area contributed by atoms with Crippen LogP contribution in [0.4, 0.5) is 16.0 Å². The molecule has 2 fully saturated rings. The summed E-state index contributed by atoms with van der Waals surface area (Å²) in [5.74, 6) is 0.623. The smallest absolute Gasteiger partial charge is 0.249 e. The number of hydrogen-bond acceptors (Lipinski definition) is 6. The van der Waals surface area contributed by atoms with Crippen molar-refractivity contribution in [2.45, 2.75) is 56.7 Å². The van der Waals surface area contributed by atoms with Gasteiger partial charge in [0.15, 0.2) is 5.82 Å². The van der Waals surface area contributed by atoms with E-state index in [9.17, 15) is 14.0 Å². The summed E-state index contributed by atoms with van der Waals surface area (Å²) < 4.78 is 13.7. The molecule has 2 aromatic heterocycles. The molecule has 3 atom stereocenters. The fraction of sp³-hybridized carbons (Fsp3) is 0.367. The normalized spacial score (nSPS) is 19.8. The monoisotopic (exact) mass is 541 g/mol. The number of amides is 2. The molecule has 3 aromatic rings. The van der Waals surface area contributed by atoms with E-state index in [0.29, 0.717) is 30.5 Å². The predicted octanol–water partition coefficient (Wildman–Crippen LogP) is 4.91. The van der Waals surface area contributed by atoms with Crippen LogP contribution in [0.1, 0.15) is 55.7 Å². The largest absolute Gasteiger partial charge is 0.309 e. The molecule has 3 heterocycles. The molecule has 1 saturated heterocycles. The van der Waals surface area contributed by atoms with E-state index in [4.69, 9.17) is 5.26 Å². The van der Waals surface area contributed by atoms with Crippen molar-refractivity contribution in [2.75, 3.05) is 23.7 Å². The first-order valence-electron chi connectivity index (χ1n) is 13.5. The van der Waals surface area contributed by atoms with Gasteiger partial charge < -0.3 is 10.6 Å². The summed E-state index contributed by atoms with van der Waals surface area (Å²) in [6.07, 6.45) is 6.75. The van der Waals surface area contributed by atoms with Gasteiger partial charge in [0.2, 0.25) is 11.8 Å². The fourth-order valence-corrected chi connectivity index (χ4v) is 4.94. The minimum atomic E-state index is -0.939. The van der Waals surface area contributed by atoms with Crippen molar-refractivity contribution in [3.8, 4) is 17.2 Å². The highest BCUT2D eigenvalue weighted by molar-refractivity contribution is 5.98. The predicted molar refractivity (Wildman–Crippen MR) is 150 cm³/mol. The number of halogens is 1. The van der Waals surface area contributed by atoms with E-state index >= 15 is 0 Å². The van der Waals surface area contributed by atoms with Gasteiger partial charge in [-0.25, -0.2) is 9.37 Å². The molecule has 0 spiro atoms. The van der Waals surface area contributed by atoms with E-state index in [1.54, 1.807) is 18.3 Å². The van der Waals surface area contributed by atoms with Crippen molar-refractivity contribution in [3.05, 3.63) is 72.1 Å². The van der Waals surface area contributed by atoms with E-state index in [2.05, 4.69) is 31.9 Å². The van der Waals surface area contributed by atoms with Gasteiger partial charge >= 0.3 is 0 Å². The summed E-state index contributed by atoms with van der Waals surface area (Å²) in [5, 5.41) is 21.8. The number of benzene rings is 1. The summed E-state index contributed by atoms with van der Waals surface area (Å²) >= 11 is 0. The lowest BCUT2D eigenvalue weighted by Crippen LogP contribution is -2.29. The zero-order valence-corrected chi connectivity index (χ0v) is 22.3. The van der Waals surface area contributed by atoms with Crippen LogP contribution in [-0.4, -0.2) is 57.2 Å². The summed E-state index contributed by atoms with van der Waals surface area (Å²) in [6, 6.07) is 15.2. The quantitative estimate of drug-likeness (QED) is 0.313. The van der Waals surface area contributed by atoms with Crippen LogP contribution in [0.15, 0.2) is 60.8 Å². The number of likely N-dealkylation sites (tertiary alicyclic amines) is 1. The van der Waals surface area contributed by atoms with E-state index in [1.165, 1.54) is 6.08 Å². The van der Waals surface area contributed by atoms with E-state index in [1.807, 2.05) is 48.2 Å². The average Bonchev–Trinajstić information content (AvgIpc) is 3.60. The third-order valence-electron chi connectivity index (χ3n) is 7.41. The first kappa shape index (κ1) is 27.2. The maximum Gasteiger partial charge on any atom is 0.249 e. The lowest BCUT2D eigenvalue weighted by Gasteiger charge is -2.19. The van der Waals surface area contributed by atoms with Crippen molar-refractivity contribution >= 4 is 23.5 Å². The molecular weight excluding hydrogens is 509 g/mol. The van der Waals surface area contributed by atoms with Crippen LogP contribution in [0, 0.1) is 11.3 Å². The van der Waals surface area contributed by atoms with Crippen molar-refractivity contribution in [1.82, 2.24) is 20.1 Å². The van der Waals surface area contributed by atoms with E-state index < -0.39 is 6.17 Å². The highest BCUT2D eigenvalue weighted by Crippen LogP contribution is 2.39. The molecule has 5 rings (SSSR count). The fourth-order valence-electron chi connectivity index (χ4n) is 4.94. The maximum absolute atomic E-state index is 13.7. The van der Waals surface area contributed by atoms with Gasteiger partial charge in [-0.15, -0.1) is 0 Å². The summed E-state index contributed by atoms with van der Waals surface area (Å²) in [6.45, 7) is 2.54. The lowest BCUT2D eigenvalue weighted by molar-refractivity contribution is -0.117. The minimum absolute atomic E-state index is 0.117. The molecule has 10 heteroatoms.